The molecular weight excluding hydrogens is 354 g/mol. The molecule has 0 heterocycles. The maximum absolute atomic E-state index is 6.21. The summed E-state index contributed by atoms with van der Waals surface area (Å²) in [5, 5.41) is 3.40. The van der Waals surface area contributed by atoms with Crippen molar-refractivity contribution in [1.29, 1.82) is 0 Å². The molecule has 0 aliphatic heterocycles. The van der Waals surface area contributed by atoms with E-state index in [4.69, 9.17) is 19.9 Å². The fourth-order valence-corrected chi connectivity index (χ4v) is 3.78. The monoisotopic (exact) mass is 393 g/mol. The van der Waals surface area contributed by atoms with Gasteiger partial charge in [-0.1, -0.05) is 75.8 Å². The number of methoxy groups -OCH3 is 3. The Labute approximate surface area is 170 Å². The van der Waals surface area contributed by atoms with E-state index in [1.165, 1.54) is 25.7 Å². The van der Waals surface area contributed by atoms with Crippen LogP contribution >= 0.6 is 0 Å². The summed E-state index contributed by atoms with van der Waals surface area (Å²) in [5.74, 6) is -1.01. The van der Waals surface area contributed by atoms with Crippen LogP contribution in [-0.4, -0.2) is 39.8 Å². The number of hydrogen-bond donors (Lipinski definition) is 2. The predicted octanol–water partition coefficient (Wildman–Crippen LogP) is 4.15. The van der Waals surface area contributed by atoms with Crippen LogP contribution in [0.4, 0.5) is 0 Å². The number of nitrogens with two attached hydrogens (primary N) is 1. The molecule has 1 aromatic rings. The molecule has 0 aliphatic carbocycles. The molecule has 0 aromatic heterocycles. The van der Waals surface area contributed by atoms with E-state index >= 15 is 0 Å². The average Bonchev–Trinajstić information content (AvgIpc) is 2.72. The number of guanidine groups is 1. The molecule has 3 N–H and O–H groups in total. The van der Waals surface area contributed by atoms with Crippen LogP contribution in [0.1, 0.15) is 64.4 Å². The average molecular weight is 394 g/mol. The summed E-state index contributed by atoms with van der Waals surface area (Å²) in [6, 6.07) is 10.0. The lowest BCUT2D eigenvalue weighted by Crippen LogP contribution is -2.65. The maximum atomic E-state index is 6.21. The van der Waals surface area contributed by atoms with Gasteiger partial charge in [0.1, 0.15) is 5.54 Å². The Morgan fingerprint density at radius 3 is 2.04 bits per heavy atom. The van der Waals surface area contributed by atoms with Gasteiger partial charge in [0.15, 0.2) is 5.96 Å². The zero-order valence-corrected chi connectivity index (χ0v) is 18.3. The summed E-state index contributed by atoms with van der Waals surface area (Å²) in [6.07, 6.45) is 7.79. The van der Waals surface area contributed by atoms with Crippen molar-refractivity contribution in [3.05, 3.63) is 35.9 Å². The van der Waals surface area contributed by atoms with Gasteiger partial charge in [-0.3, -0.25) is 4.99 Å². The molecule has 6 heteroatoms. The van der Waals surface area contributed by atoms with Crippen molar-refractivity contribution < 1.29 is 14.2 Å². The largest absolute Gasteiger partial charge is 0.370 e. The lowest BCUT2D eigenvalue weighted by atomic mass is 9.81. The third-order valence-corrected chi connectivity index (χ3v) is 5.17. The molecule has 1 unspecified atom stereocenters. The van der Waals surface area contributed by atoms with E-state index in [0.29, 0.717) is 12.5 Å². The van der Waals surface area contributed by atoms with Crippen LogP contribution in [0.25, 0.3) is 0 Å². The molecule has 0 radical (unpaired) electrons. The van der Waals surface area contributed by atoms with E-state index in [1.807, 2.05) is 37.3 Å². The van der Waals surface area contributed by atoms with Gasteiger partial charge >= 0.3 is 5.97 Å². The van der Waals surface area contributed by atoms with Gasteiger partial charge < -0.3 is 25.3 Å². The van der Waals surface area contributed by atoms with Crippen LogP contribution < -0.4 is 11.1 Å². The number of hydrogen-bond acceptors (Lipinski definition) is 4. The van der Waals surface area contributed by atoms with Crippen molar-refractivity contribution in [2.45, 2.75) is 70.3 Å². The summed E-state index contributed by atoms with van der Waals surface area (Å²) in [7, 11) is 4.75. The first-order valence-electron chi connectivity index (χ1n) is 10.3. The molecule has 0 saturated carbocycles. The van der Waals surface area contributed by atoms with Crippen molar-refractivity contribution in [2.24, 2.45) is 10.7 Å². The van der Waals surface area contributed by atoms with Gasteiger partial charge in [-0.25, -0.2) is 0 Å². The number of benzene rings is 1. The summed E-state index contributed by atoms with van der Waals surface area (Å²) < 4.78 is 17.4. The fourth-order valence-electron chi connectivity index (χ4n) is 3.78. The molecular formula is C22H39N3O3. The molecule has 0 aliphatic rings. The minimum absolute atomic E-state index is 0.341. The molecule has 0 bridgehead atoms. The second-order valence-corrected chi connectivity index (χ2v) is 6.94. The van der Waals surface area contributed by atoms with Crippen molar-refractivity contribution in [1.82, 2.24) is 5.32 Å². The molecule has 1 aromatic carbocycles. The zero-order valence-electron chi connectivity index (χ0n) is 18.3. The first-order chi connectivity index (χ1) is 13.6. The topological polar surface area (TPSA) is 78.1 Å². The van der Waals surface area contributed by atoms with E-state index in [9.17, 15) is 0 Å². The van der Waals surface area contributed by atoms with E-state index in [-0.39, 0.29) is 0 Å². The highest BCUT2D eigenvalue weighted by atomic mass is 16.9. The third-order valence-electron chi connectivity index (χ3n) is 5.17. The smallest absolute Gasteiger partial charge is 0.311 e. The van der Waals surface area contributed by atoms with Gasteiger partial charge in [0.25, 0.3) is 0 Å². The Morgan fingerprint density at radius 2 is 1.50 bits per heavy atom. The maximum Gasteiger partial charge on any atom is 0.311 e. The number of nitrogens with one attached hydrogen (secondary N) is 1. The number of rotatable bonds is 14. The van der Waals surface area contributed by atoms with Crippen molar-refractivity contribution >= 4 is 5.96 Å². The molecule has 0 saturated heterocycles. The van der Waals surface area contributed by atoms with Gasteiger partial charge in [-0.2, -0.15) is 0 Å². The summed E-state index contributed by atoms with van der Waals surface area (Å²) in [6.45, 7) is 4.76. The molecule has 0 amide bonds. The Morgan fingerprint density at radius 1 is 0.929 bits per heavy atom. The first kappa shape index (κ1) is 24.4. The lowest BCUT2D eigenvalue weighted by molar-refractivity contribution is -0.391. The minimum Gasteiger partial charge on any atom is -0.370 e. The Kier molecular flexibility index (Phi) is 11.1. The van der Waals surface area contributed by atoms with Gasteiger partial charge in [-0.15, -0.1) is 0 Å². The van der Waals surface area contributed by atoms with Gasteiger partial charge in [0, 0.05) is 27.9 Å². The highest BCUT2D eigenvalue weighted by Crippen LogP contribution is 2.41. The molecule has 0 fully saturated rings. The van der Waals surface area contributed by atoms with Gasteiger partial charge in [0.05, 0.1) is 0 Å². The number of nitrogens with zero attached hydrogens (tertiary/aromatic N) is 1. The van der Waals surface area contributed by atoms with Gasteiger partial charge in [-0.05, 0) is 18.9 Å². The summed E-state index contributed by atoms with van der Waals surface area (Å²) >= 11 is 0. The van der Waals surface area contributed by atoms with Crippen LogP contribution in [0.2, 0.25) is 0 Å². The molecule has 6 nitrogen and oxygen atoms in total. The van der Waals surface area contributed by atoms with Gasteiger partial charge in [0.2, 0.25) is 0 Å². The highest BCUT2D eigenvalue weighted by molar-refractivity contribution is 5.79. The number of unbranched alkanes of at least 4 members (excludes halogenated alkanes) is 5. The van der Waals surface area contributed by atoms with E-state index in [0.717, 1.165) is 24.8 Å². The van der Waals surface area contributed by atoms with E-state index in [1.54, 1.807) is 21.3 Å². The minimum atomic E-state index is -1.36. The quantitative estimate of drug-likeness (QED) is 0.215. The Balaban J connectivity index is 3.31. The number of ether oxygens (including phenoxy) is 3. The molecule has 1 rings (SSSR count). The number of aliphatic imine (C=N–C) groups is 1. The molecule has 28 heavy (non-hydrogen) atoms. The zero-order chi connectivity index (χ0) is 20.9. The van der Waals surface area contributed by atoms with E-state index in [2.05, 4.69) is 17.2 Å². The summed E-state index contributed by atoms with van der Waals surface area (Å²) in [5.41, 5.74) is 6.34. The van der Waals surface area contributed by atoms with Crippen molar-refractivity contribution in [3.8, 4) is 0 Å². The highest BCUT2D eigenvalue weighted by Gasteiger charge is 2.55. The van der Waals surface area contributed by atoms with E-state index < -0.39 is 11.5 Å². The molecule has 160 valence electrons. The standard InChI is InChI=1S/C22H39N3O3/c1-6-8-9-10-11-15-18-21(25-20(23)24-7-2,19-16-13-12-14-17-19)22(26-3,27-4)28-5/h12-14,16-17H,6-11,15,18H2,1-5H3,(H3,23,24,25). The predicted molar refractivity (Wildman–Crippen MR) is 115 cm³/mol. The normalized spacial score (nSPS) is 14.7. The molecule has 1 atom stereocenters. The lowest BCUT2D eigenvalue weighted by Gasteiger charge is -2.47. The third kappa shape index (κ3) is 5.93. The second-order valence-electron chi connectivity index (χ2n) is 6.94. The van der Waals surface area contributed by atoms with Crippen LogP contribution in [0.3, 0.4) is 0 Å². The summed E-state index contributed by atoms with van der Waals surface area (Å²) in [4.78, 5) is 4.34. The molecule has 0 spiro atoms. The van der Waals surface area contributed by atoms with Crippen LogP contribution in [0.5, 0.6) is 0 Å². The van der Waals surface area contributed by atoms with Crippen LogP contribution in [0.15, 0.2) is 35.3 Å². The van der Waals surface area contributed by atoms with Crippen molar-refractivity contribution in [3.63, 3.8) is 0 Å². The second kappa shape index (κ2) is 12.8. The van der Waals surface area contributed by atoms with Crippen molar-refractivity contribution in [2.75, 3.05) is 27.9 Å². The fraction of sp³-hybridized carbons (Fsp3) is 0.682. The Hall–Kier alpha value is -1.63. The first-order valence-corrected chi connectivity index (χ1v) is 10.3. The Bertz CT molecular complexity index is 553. The SMILES string of the molecule is CCCCCCCCC(NC(N)=NCC)(c1ccccc1)C(OC)(OC)OC. The van der Waals surface area contributed by atoms with Crippen LogP contribution in [0, 0.1) is 0 Å². The van der Waals surface area contributed by atoms with Crippen LogP contribution in [-0.2, 0) is 19.7 Å².